The lowest BCUT2D eigenvalue weighted by Gasteiger charge is -2.07. The summed E-state index contributed by atoms with van der Waals surface area (Å²) in [5, 5.41) is 2.37. The lowest BCUT2D eigenvalue weighted by molar-refractivity contribution is -0.286. The molecule has 0 saturated carbocycles. The quantitative estimate of drug-likeness (QED) is 0.801. The molecule has 1 aliphatic heterocycles. The summed E-state index contributed by atoms with van der Waals surface area (Å²) in [7, 11) is 0. The van der Waals surface area contributed by atoms with Gasteiger partial charge in [0.25, 0.3) is 5.91 Å². The van der Waals surface area contributed by atoms with Gasteiger partial charge in [-0.25, -0.2) is 4.79 Å². The highest BCUT2D eigenvalue weighted by atomic mass is 19.3. The molecule has 0 fully saturated rings. The number of ether oxygens (including phenoxy) is 4. The SMILES string of the molecule is CCOCC(=O)OCC(=O)Nc1ccc2c(c1)OC(F)(F)O2. The number of fused-ring (bicyclic) bond motifs is 1. The van der Waals surface area contributed by atoms with E-state index >= 15 is 0 Å². The first-order chi connectivity index (χ1) is 10.4. The van der Waals surface area contributed by atoms with Crippen molar-refractivity contribution in [1.29, 1.82) is 0 Å². The molecule has 1 heterocycles. The molecule has 0 saturated heterocycles. The van der Waals surface area contributed by atoms with Crippen molar-refractivity contribution in [3.05, 3.63) is 18.2 Å². The molecule has 22 heavy (non-hydrogen) atoms. The van der Waals surface area contributed by atoms with Crippen LogP contribution in [-0.4, -0.2) is 38.0 Å². The van der Waals surface area contributed by atoms with E-state index in [-0.39, 0.29) is 23.8 Å². The summed E-state index contributed by atoms with van der Waals surface area (Å²) in [6, 6.07) is 3.76. The third kappa shape index (κ3) is 4.29. The maximum absolute atomic E-state index is 12.8. The average molecular weight is 317 g/mol. The molecule has 0 aromatic heterocycles. The van der Waals surface area contributed by atoms with E-state index in [9.17, 15) is 18.4 Å². The van der Waals surface area contributed by atoms with Gasteiger partial charge in [0.05, 0.1) is 0 Å². The molecule has 2 rings (SSSR count). The summed E-state index contributed by atoms with van der Waals surface area (Å²) in [6.07, 6.45) is -3.72. The Morgan fingerprint density at radius 3 is 2.68 bits per heavy atom. The van der Waals surface area contributed by atoms with E-state index < -0.39 is 24.8 Å². The maximum Gasteiger partial charge on any atom is 0.586 e. The number of carbonyl (C=O) groups is 2. The van der Waals surface area contributed by atoms with Crippen LogP contribution in [0.4, 0.5) is 14.5 Å². The van der Waals surface area contributed by atoms with Crippen LogP contribution in [0.3, 0.4) is 0 Å². The topological polar surface area (TPSA) is 83.1 Å². The fourth-order valence-corrected chi connectivity index (χ4v) is 1.60. The van der Waals surface area contributed by atoms with Crippen LogP contribution in [0.1, 0.15) is 6.92 Å². The van der Waals surface area contributed by atoms with Gasteiger partial charge in [-0.05, 0) is 19.1 Å². The molecule has 0 bridgehead atoms. The summed E-state index contributed by atoms with van der Waals surface area (Å²) >= 11 is 0. The Kier molecular flexibility index (Phi) is 4.76. The number of amides is 1. The fourth-order valence-electron chi connectivity index (χ4n) is 1.60. The number of nitrogens with one attached hydrogen (secondary N) is 1. The van der Waals surface area contributed by atoms with Crippen molar-refractivity contribution < 1.29 is 37.3 Å². The minimum Gasteiger partial charge on any atom is -0.454 e. The first-order valence-corrected chi connectivity index (χ1v) is 6.33. The molecule has 0 unspecified atom stereocenters. The number of carbonyl (C=O) groups excluding carboxylic acids is 2. The minimum absolute atomic E-state index is 0.133. The third-order valence-electron chi connectivity index (χ3n) is 2.47. The van der Waals surface area contributed by atoms with Gasteiger partial charge < -0.3 is 24.3 Å². The van der Waals surface area contributed by atoms with Crippen LogP contribution >= 0.6 is 0 Å². The predicted octanol–water partition coefficient (Wildman–Crippen LogP) is 1.53. The van der Waals surface area contributed by atoms with E-state index in [1.54, 1.807) is 6.92 Å². The summed E-state index contributed by atoms with van der Waals surface area (Å²) < 4.78 is 43.6. The monoisotopic (exact) mass is 317 g/mol. The Balaban J connectivity index is 1.84. The van der Waals surface area contributed by atoms with E-state index in [1.165, 1.54) is 18.2 Å². The van der Waals surface area contributed by atoms with E-state index in [4.69, 9.17) is 4.74 Å². The van der Waals surface area contributed by atoms with Crippen molar-refractivity contribution in [2.75, 3.05) is 25.1 Å². The predicted molar refractivity (Wildman–Crippen MR) is 68.7 cm³/mol. The van der Waals surface area contributed by atoms with Crippen LogP contribution in [0.5, 0.6) is 11.5 Å². The van der Waals surface area contributed by atoms with Crippen molar-refractivity contribution in [3.63, 3.8) is 0 Å². The second-order valence-electron chi connectivity index (χ2n) is 4.18. The average Bonchev–Trinajstić information content (AvgIpc) is 2.76. The standard InChI is InChI=1S/C13H13F2NO6/c1-2-19-7-12(18)20-6-11(17)16-8-3-4-9-10(5-8)22-13(14,15)21-9/h3-5H,2,6-7H2,1H3,(H,16,17). The van der Waals surface area contributed by atoms with E-state index in [1.807, 2.05) is 0 Å². The first kappa shape index (κ1) is 16.0. The Bertz CT molecular complexity index is 578. The number of rotatable bonds is 6. The van der Waals surface area contributed by atoms with Crippen molar-refractivity contribution in [2.24, 2.45) is 0 Å². The summed E-state index contributed by atoms with van der Waals surface area (Å²) in [6.45, 7) is 1.30. The van der Waals surface area contributed by atoms with Gasteiger partial charge in [-0.15, -0.1) is 8.78 Å². The molecule has 1 aromatic carbocycles. The second-order valence-corrected chi connectivity index (χ2v) is 4.18. The summed E-state index contributed by atoms with van der Waals surface area (Å²) in [5.41, 5.74) is 0.200. The van der Waals surface area contributed by atoms with Crippen LogP contribution in [-0.2, 0) is 19.1 Å². The molecule has 7 nitrogen and oxygen atoms in total. The molecular weight excluding hydrogens is 304 g/mol. The zero-order chi connectivity index (χ0) is 16.2. The number of hydrogen-bond acceptors (Lipinski definition) is 6. The highest BCUT2D eigenvalue weighted by molar-refractivity contribution is 5.93. The fraction of sp³-hybridized carbons (Fsp3) is 0.385. The summed E-state index contributed by atoms with van der Waals surface area (Å²) in [5.74, 6) is -1.64. The molecule has 1 amide bonds. The van der Waals surface area contributed by atoms with E-state index in [0.29, 0.717) is 6.61 Å². The van der Waals surface area contributed by atoms with Crippen LogP contribution < -0.4 is 14.8 Å². The highest BCUT2D eigenvalue weighted by Gasteiger charge is 2.43. The smallest absolute Gasteiger partial charge is 0.454 e. The van der Waals surface area contributed by atoms with Gasteiger partial charge in [0.2, 0.25) is 0 Å². The first-order valence-electron chi connectivity index (χ1n) is 6.33. The van der Waals surface area contributed by atoms with Gasteiger partial charge in [0.15, 0.2) is 18.1 Å². The number of esters is 1. The van der Waals surface area contributed by atoms with Gasteiger partial charge in [-0.2, -0.15) is 0 Å². The van der Waals surface area contributed by atoms with Crippen molar-refractivity contribution in [3.8, 4) is 11.5 Å². The zero-order valence-electron chi connectivity index (χ0n) is 11.6. The lowest BCUT2D eigenvalue weighted by atomic mass is 10.3. The van der Waals surface area contributed by atoms with Gasteiger partial charge in [-0.1, -0.05) is 0 Å². The number of benzene rings is 1. The molecule has 1 N–H and O–H groups in total. The van der Waals surface area contributed by atoms with E-state index in [0.717, 1.165) is 0 Å². The number of halogens is 2. The summed E-state index contributed by atoms with van der Waals surface area (Å²) in [4.78, 5) is 22.7. The minimum atomic E-state index is -3.72. The molecule has 1 aliphatic rings. The number of anilines is 1. The lowest BCUT2D eigenvalue weighted by Crippen LogP contribution is -2.26. The van der Waals surface area contributed by atoms with Crippen molar-refractivity contribution >= 4 is 17.6 Å². The zero-order valence-corrected chi connectivity index (χ0v) is 11.6. The Morgan fingerprint density at radius 2 is 1.95 bits per heavy atom. The molecule has 0 radical (unpaired) electrons. The van der Waals surface area contributed by atoms with Gasteiger partial charge in [0.1, 0.15) is 6.61 Å². The molecule has 1 aromatic rings. The number of hydrogen-bond donors (Lipinski definition) is 1. The Labute approximate surface area is 124 Å². The second kappa shape index (κ2) is 6.56. The van der Waals surface area contributed by atoms with Gasteiger partial charge in [-0.3, -0.25) is 4.79 Å². The van der Waals surface area contributed by atoms with E-state index in [2.05, 4.69) is 19.5 Å². The van der Waals surface area contributed by atoms with Crippen LogP contribution in [0, 0.1) is 0 Å². The largest absolute Gasteiger partial charge is 0.586 e. The van der Waals surface area contributed by atoms with Crippen LogP contribution in [0.15, 0.2) is 18.2 Å². The highest BCUT2D eigenvalue weighted by Crippen LogP contribution is 2.42. The molecule has 0 aliphatic carbocycles. The number of alkyl halides is 2. The van der Waals surface area contributed by atoms with Gasteiger partial charge in [0, 0.05) is 18.4 Å². The van der Waals surface area contributed by atoms with Crippen molar-refractivity contribution in [1.82, 2.24) is 0 Å². The molecule has 0 spiro atoms. The normalized spacial score (nSPS) is 14.5. The molecule has 9 heteroatoms. The Hall–Kier alpha value is -2.42. The molecule has 0 atom stereocenters. The van der Waals surface area contributed by atoms with Gasteiger partial charge >= 0.3 is 12.3 Å². The van der Waals surface area contributed by atoms with Crippen LogP contribution in [0.2, 0.25) is 0 Å². The Morgan fingerprint density at radius 1 is 1.23 bits per heavy atom. The third-order valence-corrected chi connectivity index (χ3v) is 2.47. The van der Waals surface area contributed by atoms with Crippen LogP contribution in [0.25, 0.3) is 0 Å². The molecule has 120 valence electrons. The molecular formula is C13H13F2NO6. The van der Waals surface area contributed by atoms with Crippen molar-refractivity contribution in [2.45, 2.75) is 13.2 Å². The maximum atomic E-state index is 12.8.